The quantitative estimate of drug-likeness (QED) is 0.686. The zero-order chi connectivity index (χ0) is 19.8. The molecule has 0 saturated heterocycles. The Morgan fingerprint density at radius 1 is 1.14 bits per heavy atom. The van der Waals surface area contributed by atoms with Gasteiger partial charge < -0.3 is 15.4 Å². The van der Waals surface area contributed by atoms with Crippen molar-refractivity contribution in [2.75, 3.05) is 17.2 Å². The van der Waals surface area contributed by atoms with Crippen LogP contribution in [0, 0.1) is 17.8 Å². The van der Waals surface area contributed by atoms with Gasteiger partial charge in [-0.15, -0.1) is 0 Å². The molecule has 4 saturated carbocycles. The van der Waals surface area contributed by atoms with Crippen molar-refractivity contribution in [3.63, 3.8) is 0 Å². The van der Waals surface area contributed by atoms with Crippen molar-refractivity contribution in [3.8, 4) is 0 Å². The molecule has 1 aromatic carbocycles. The maximum absolute atomic E-state index is 12.3. The second-order valence-corrected chi connectivity index (χ2v) is 8.91. The summed E-state index contributed by atoms with van der Waals surface area (Å²) < 4.78 is 5.20. The Kier molecular flexibility index (Phi) is 4.64. The molecule has 4 aliphatic rings. The highest BCUT2D eigenvalue weighted by Crippen LogP contribution is 2.61. The van der Waals surface area contributed by atoms with Gasteiger partial charge in [-0.25, -0.2) is 14.8 Å². The number of ether oxygens (including phenoxy) is 1. The monoisotopic (exact) mass is 392 g/mol. The van der Waals surface area contributed by atoms with Gasteiger partial charge in [0.15, 0.2) is 0 Å². The van der Waals surface area contributed by atoms with Gasteiger partial charge in [-0.05, 0) is 75.0 Å². The van der Waals surface area contributed by atoms with Crippen LogP contribution in [-0.2, 0) is 11.3 Å². The molecule has 152 valence electrons. The Morgan fingerprint density at radius 2 is 1.90 bits per heavy atom. The van der Waals surface area contributed by atoms with Gasteiger partial charge >= 0.3 is 5.97 Å². The summed E-state index contributed by atoms with van der Waals surface area (Å²) in [5, 5.41) is 7.42. The Labute approximate surface area is 171 Å². The summed E-state index contributed by atoms with van der Waals surface area (Å²) in [6, 6.07) is 5.80. The summed E-state index contributed by atoms with van der Waals surface area (Å²) in [5.74, 6) is 2.27. The molecule has 4 bridgehead atoms. The van der Waals surface area contributed by atoms with Crippen LogP contribution in [0.2, 0.25) is 0 Å². The van der Waals surface area contributed by atoms with Gasteiger partial charge in [0.2, 0.25) is 0 Å². The molecular weight excluding hydrogens is 364 g/mol. The lowest BCUT2D eigenvalue weighted by Crippen LogP contribution is -2.39. The largest absolute Gasteiger partial charge is 0.462 e. The van der Waals surface area contributed by atoms with E-state index in [2.05, 4.69) is 20.6 Å². The number of esters is 1. The average molecular weight is 393 g/mol. The summed E-state index contributed by atoms with van der Waals surface area (Å²) >= 11 is 0. The van der Waals surface area contributed by atoms with Crippen molar-refractivity contribution in [2.45, 2.75) is 51.1 Å². The van der Waals surface area contributed by atoms with Crippen LogP contribution in [0.4, 0.5) is 11.4 Å². The van der Waals surface area contributed by atoms with E-state index in [1.807, 2.05) is 25.1 Å². The van der Waals surface area contributed by atoms with Gasteiger partial charge in [0.05, 0.1) is 23.5 Å². The number of hydrogen-bond donors (Lipinski definition) is 2. The van der Waals surface area contributed by atoms with Crippen LogP contribution in [0.1, 0.15) is 54.9 Å². The van der Waals surface area contributed by atoms with Crippen molar-refractivity contribution >= 4 is 17.3 Å². The predicted octanol–water partition coefficient (Wildman–Crippen LogP) is 4.26. The molecule has 4 fully saturated rings. The third kappa shape index (κ3) is 3.45. The fourth-order valence-corrected chi connectivity index (χ4v) is 6.03. The van der Waals surface area contributed by atoms with Crippen molar-refractivity contribution in [3.05, 3.63) is 48.0 Å². The minimum atomic E-state index is -0.288. The molecule has 6 nitrogen and oxygen atoms in total. The summed E-state index contributed by atoms with van der Waals surface area (Å²) in [7, 11) is 0. The summed E-state index contributed by atoms with van der Waals surface area (Å²) in [4.78, 5) is 20.4. The third-order valence-corrected chi connectivity index (χ3v) is 7.00. The van der Waals surface area contributed by atoms with Crippen LogP contribution in [0.5, 0.6) is 0 Å². The van der Waals surface area contributed by atoms with Crippen LogP contribution >= 0.6 is 0 Å². The molecule has 2 unspecified atom stereocenters. The molecule has 0 spiro atoms. The highest BCUT2D eigenvalue weighted by atomic mass is 16.5. The lowest BCUT2D eigenvalue weighted by molar-refractivity contribution is 0.0526. The predicted molar refractivity (Wildman–Crippen MR) is 112 cm³/mol. The van der Waals surface area contributed by atoms with E-state index in [1.54, 1.807) is 12.4 Å². The standard InChI is InChI=1S/C23H28N4O2/c1-2-29-22(28)18-3-4-20(21(8-18)26-13-17-11-24-14-25-12-17)27-23-9-15-5-16(10-23)7-19(23)6-15/h3-4,8,11-12,14-16,19,26-27H,2,5-7,9-10,13H2,1H3. The van der Waals surface area contributed by atoms with Crippen LogP contribution in [0.3, 0.4) is 0 Å². The molecule has 4 aliphatic carbocycles. The highest BCUT2D eigenvalue weighted by Gasteiger charge is 2.57. The van der Waals surface area contributed by atoms with E-state index in [9.17, 15) is 4.79 Å². The number of nitrogens with zero attached hydrogens (tertiary/aromatic N) is 2. The first-order valence-corrected chi connectivity index (χ1v) is 10.7. The van der Waals surface area contributed by atoms with Gasteiger partial charge in [-0.3, -0.25) is 0 Å². The number of anilines is 2. The fraction of sp³-hybridized carbons (Fsp3) is 0.522. The van der Waals surface area contributed by atoms with E-state index in [4.69, 9.17) is 4.74 Å². The third-order valence-electron chi connectivity index (χ3n) is 7.00. The van der Waals surface area contributed by atoms with Gasteiger partial charge in [0, 0.05) is 30.0 Å². The summed E-state index contributed by atoms with van der Waals surface area (Å²) in [5.41, 5.74) is 3.80. The first-order chi connectivity index (χ1) is 14.1. The molecule has 1 heterocycles. The Balaban J connectivity index is 1.41. The smallest absolute Gasteiger partial charge is 0.338 e. The molecule has 2 N–H and O–H groups in total. The molecule has 29 heavy (non-hydrogen) atoms. The van der Waals surface area contributed by atoms with Crippen molar-refractivity contribution < 1.29 is 9.53 Å². The average Bonchev–Trinajstić information content (AvgIpc) is 3.11. The minimum Gasteiger partial charge on any atom is -0.462 e. The van der Waals surface area contributed by atoms with Gasteiger partial charge in [-0.2, -0.15) is 0 Å². The zero-order valence-electron chi connectivity index (χ0n) is 16.9. The number of carbonyl (C=O) groups excluding carboxylic acids is 1. The van der Waals surface area contributed by atoms with E-state index >= 15 is 0 Å². The summed E-state index contributed by atoms with van der Waals surface area (Å²) in [6.45, 7) is 2.80. The molecule has 6 rings (SSSR count). The second-order valence-electron chi connectivity index (χ2n) is 8.91. The molecule has 1 aromatic heterocycles. The maximum atomic E-state index is 12.3. The van der Waals surface area contributed by atoms with E-state index < -0.39 is 0 Å². The van der Waals surface area contributed by atoms with Crippen LogP contribution in [-0.4, -0.2) is 28.1 Å². The molecule has 6 heteroatoms. The van der Waals surface area contributed by atoms with Gasteiger partial charge in [-0.1, -0.05) is 0 Å². The van der Waals surface area contributed by atoms with E-state index in [1.165, 1.54) is 38.4 Å². The zero-order valence-corrected chi connectivity index (χ0v) is 16.9. The van der Waals surface area contributed by atoms with Gasteiger partial charge in [0.1, 0.15) is 6.33 Å². The van der Waals surface area contributed by atoms with E-state index in [-0.39, 0.29) is 11.5 Å². The number of rotatable bonds is 7. The first-order valence-electron chi connectivity index (χ1n) is 10.7. The Hall–Kier alpha value is -2.63. The van der Waals surface area contributed by atoms with Crippen LogP contribution in [0.15, 0.2) is 36.9 Å². The molecule has 0 amide bonds. The Morgan fingerprint density at radius 3 is 2.62 bits per heavy atom. The number of benzene rings is 1. The number of aromatic nitrogens is 2. The maximum Gasteiger partial charge on any atom is 0.338 e. The number of nitrogens with one attached hydrogen (secondary N) is 2. The second kappa shape index (κ2) is 7.32. The van der Waals surface area contributed by atoms with Gasteiger partial charge in [0.25, 0.3) is 0 Å². The summed E-state index contributed by atoms with van der Waals surface area (Å²) in [6.07, 6.45) is 11.9. The topological polar surface area (TPSA) is 76.1 Å². The van der Waals surface area contributed by atoms with E-state index in [0.717, 1.165) is 34.7 Å². The molecule has 0 aliphatic heterocycles. The fourth-order valence-electron chi connectivity index (χ4n) is 6.03. The van der Waals surface area contributed by atoms with Crippen LogP contribution in [0.25, 0.3) is 0 Å². The lowest BCUT2D eigenvalue weighted by Gasteiger charge is -2.35. The Bertz CT molecular complexity index is 887. The van der Waals surface area contributed by atoms with Crippen molar-refractivity contribution in [1.29, 1.82) is 0 Å². The molecule has 2 aromatic rings. The lowest BCUT2D eigenvalue weighted by atomic mass is 9.80. The number of hydrogen-bond acceptors (Lipinski definition) is 6. The SMILES string of the molecule is CCOC(=O)c1ccc(NC23CC4CC(CC2C4)C3)c(NCc2cncnc2)c1. The van der Waals surface area contributed by atoms with Crippen molar-refractivity contribution in [2.24, 2.45) is 17.8 Å². The molecule has 0 radical (unpaired) electrons. The highest BCUT2D eigenvalue weighted by molar-refractivity contribution is 5.92. The van der Waals surface area contributed by atoms with Crippen LogP contribution < -0.4 is 10.6 Å². The molecular formula is C23H28N4O2. The number of carbonyl (C=O) groups is 1. The normalized spacial score (nSPS) is 29.1. The van der Waals surface area contributed by atoms with Crippen molar-refractivity contribution in [1.82, 2.24) is 9.97 Å². The first kappa shape index (κ1) is 18.4. The minimum absolute atomic E-state index is 0.227. The molecule has 2 atom stereocenters. The van der Waals surface area contributed by atoms with E-state index in [0.29, 0.717) is 18.7 Å².